The van der Waals surface area contributed by atoms with Crippen molar-refractivity contribution in [1.82, 2.24) is 19.6 Å². The molecule has 8 nitrogen and oxygen atoms in total. The fourth-order valence-electron chi connectivity index (χ4n) is 2.65. The first-order valence-electron chi connectivity index (χ1n) is 8.21. The lowest BCUT2D eigenvalue weighted by molar-refractivity contribution is 0.433. The third-order valence-electron chi connectivity index (χ3n) is 4.12. The van der Waals surface area contributed by atoms with Crippen molar-refractivity contribution in [3.05, 3.63) is 71.9 Å². The van der Waals surface area contributed by atoms with Gasteiger partial charge in [-0.3, -0.25) is 0 Å². The number of aryl methyl sites for hydroxylation is 1. The Morgan fingerprint density at radius 3 is 2.46 bits per heavy atom. The summed E-state index contributed by atoms with van der Waals surface area (Å²) in [4.78, 5) is 0.0811. The van der Waals surface area contributed by atoms with Gasteiger partial charge in [-0.25, -0.2) is 0 Å². The predicted molar refractivity (Wildman–Crippen MR) is 99.4 cm³/mol. The summed E-state index contributed by atoms with van der Waals surface area (Å²) in [5.41, 5.74) is 2.25. The van der Waals surface area contributed by atoms with E-state index in [0.29, 0.717) is 11.3 Å². The maximum atomic E-state index is 12.7. The van der Waals surface area contributed by atoms with E-state index in [4.69, 9.17) is 4.52 Å². The Bertz CT molecular complexity index is 1280. The van der Waals surface area contributed by atoms with Crippen molar-refractivity contribution in [3.63, 3.8) is 0 Å². The largest absolute Gasteiger partial charge is 0.352 e. The topological polar surface area (TPSA) is 115 Å². The molecule has 0 aliphatic carbocycles. The fraction of sp³-hybridized carbons (Fsp3) is 0.0526. The summed E-state index contributed by atoms with van der Waals surface area (Å²) in [6.45, 7) is 1.86. The number of nitriles is 1. The van der Waals surface area contributed by atoms with Gasteiger partial charge in [-0.15, -0.1) is 9.19 Å². The van der Waals surface area contributed by atoms with Crippen LogP contribution in [0.5, 0.6) is 0 Å². The Labute approximate surface area is 160 Å². The smallest absolute Gasteiger partial charge is 0.284 e. The number of aromatic nitrogens is 4. The Morgan fingerprint density at radius 2 is 1.79 bits per heavy atom. The van der Waals surface area contributed by atoms with E-state index in [-0.39, 0.29) is 21.9 Å². The lowest BCUT2D eigenvalue weighted by atomic mass is 10.1. The lowest BCUT2D eigenvalue weighted by Gasteiger charge is -2.03. The van der Waals surface area contributed by atoms with E-state index >= 15 is 0 Å². The predicted octanol–water partition coefficient (Wildman–Crippen LogP) is 3.02. The summed E-state index contributed by atoms with van der Waals surface area (Å²) in [5.74, 6) is 0.0618. The first kappa shape index (κ1) is 17.6. The van der Waals surface area contributed by atoms with Crippen molar-refractivity contribution in [2.75, 3.05) is 0 Å². The molecule has 4 aromatic rings. The molecule has 2 aromatic heterocycles. The van der Waals surface area contributed by atoms with Crippen molar-refractivity contribution in [3.8, 4) is 28.8 Å². The van der Waals surface area contributed by atoms with Gasteiger partial charge >= 0.3 is 0 Å². The van der Waals surface area contributed by atoms with E-state index in [1.165, 1.54) is 18.3 Å². The third kappa shape index (κ3) is 2.95. The van der Waals surface area contributed by atoms with Crippen LogP contribution in [0.1, 0.15) is 11.1 Å². The maximum absolute atomic E-state index is 12.7. The Kier molecular flexibility index (Phi) is 4.25. The molecule has 0 saturated heterocycles. The molecule has 0 saturated carbocycles. The van der Waals surface area contributed by atoms with Gasteiger partial charge in [-0.2, -0.15) is 13.7 Å². The third-order valence-corrected chi connectivity index (χ3v) is 5.66. The molecule has 0 spiro atoms. The lowest BCUT2D eigenvalue weighted by Crippen LogP contribution is -2.13. The molecule has 0 atom stereocenters. The van der Waals surface area contributed by atoms with Crippen LogP contribution in [0.4, 0.5) is 0 Å². The second kappa shape index (κ2) is 6.75. The molecule has 0 unspecified atom stereocenters. The van der Waals surface area contributed by atoms with Gasteiger partial charge in [0.05, 0.1) is 11.1 Å². The van der Waals surface area contributed by atoms with Gasteiger partial charge in [0, 0.05) is 5.56 Å². The van der Waals surface area contributed by atoms with Crippen molar-refractivity contribution >= 4 is 10.0 Å². The highest BCUT2D eigenvalue weighted by molar-refractivity contribution is 7.89. The van der Waals surface area contributed by atoms with Crippen LogP contribution in [-0.2, 0) is 10.0 Å². The standard InChI is InChI=1S/C19H13N5O3S/c1-13-7-9-15(10-8-13)28(25,26)24-12-17(21-23-24)19-16(11-20)18(22-27-19)14-5-3-2-4-6-14/h2-10,12H,1H3. The summed E-state index contributed by atoms with van der Waals surface area (Å²) in [6.07, 6.45) is 1.20. The quantitative estimate of drug-likeness (QED) is 0.525. The van der Waals surface area contributed by atoms with E-state index in [0.717, 1.165) is 9.65 Å². The fourth-order valence-corrected chi connectivity index (χ4v) is 3.72. The Morgan fingerprint density at radius 1 is 1.07 bits per heavy atom. The minimum absolute atomic E-state index is 0.0618. The van der Waals surface area contributed by atoms with Gasteiger partial charge in [-0.05, 0) is 19.1 Å². The molecule has 28 heavy (non-hydrogen) atoms. The molecule has 0 aliphatic heterocycles. The zero-order valence-corrected chi connectivity index (χ0v) is 15.5. The molecule has 0 radical (unpaired) electrons. The minimum atomic E-state index is -3.91. The molecular formula is C19H13N5O3S. The highest BCUT2D eigenvalue weighted by Crippen LogP contribution is 2.30. The molecule has 2 heterocycles. The van der Waals surface area contributed by atoms with Gasteiger partial charge in [0.2, 0.25) is 5.76 Å². The van der Waals surface area contributed by atoms with Crippen LogP contribution in [0.25, 0.3) is 22.7 Å². The maximum Gasteiger partial charge on any atom is 0.284 e. The summed E-state index contributed by atoms with van der Waals surface area (Å²) >= 11 is 0. The highest BCUT2D eigenvalue weighted by atomic mass is 32.2. The summed E-state index contributed by atoms with van der Waals surface area (Å²) in [5, 5.41) is 21.1. The first-order valence-corrected chi connectivity index (χ1v) is 9.65. The van der Waals surface area contributed by atoms with Crippen LogP contribution in [0.2, 0.25) is 0 Å². The number of hydrogen-bond donors (Lipinski definition) is 0. The molecule has 4 rings (SSSR count). The van der Waals surface area contributed by atoms with Crippen molar-refractivity contribution in [2.45, 2.75) is 11.8 Å². The zero-order valence-electron chi connectivity index (χ0n) is 14.6. The van der Waals surface area contributed by atoms with Crippen LogP contribution in [0.3, 0.4) is 0 Å². The first-order chi connectivity index (χ1) is 13.5. The summed E-state index contributed by atoms with van der Waals surface area (Å²) < 4.78 is 31.5. The van der Waals surface area contributed by atoms with E-state index in [1.807, 2.05) is 31.2 Å². The normalized spacial score (nSPS) is 11.3. The Hall–Kier alpha value is -3.77. The average Bonchev–Trinajstić information content (AvgIpc) is 3.36. The molecule has 0 bridgehead atoms. The second-order valence-corrected chi connectivity index (χ2v) is 7.80. The molecule has 0 amide bonds. The summed E-state index contributed by atoms with van der Waals surface area (Å²) in [6, 6.07) is 17.5. The SMILES string of the molecule is Cc1ccc(S(=O)(=O)n2cc(-c3onc(-c4ccccc4)c3C#N)nn2)cc1. The molecule has 9 heteroatoms. The van der Waals surface area contributed by atoms with Crippen LogP contribution in [-0.4, -0.2) is 28.0 Å². The molecule has 0 aliphatic rings. The van der Waals surface area contributed by atoms with Crippen LogP contribution in [0.15, 0.2) is 70.2 Å². The van der Waals surface area contributed by atoms with E-state index in [9.17, 15) is 13.7 Å². The molecule has 138 valence electrons. The minimum Gasteiger partial charge on any atom is -0.352 e. The molecule has 2 aromatic carbocycles. The van der Waals surface area contributed by atoms with Crippen molar-refractivity contribution in [1.29, 1.82) is 5.26 Å². The van der Waals surface area contributed by atoms with Gasteiger partial charge < -0.3 is 4.52 Å². The molecule has 0 N–H and O–H groups in total. The average molecular weight is 391 g/mol. The van der Waals surface area contributed by atoms with Crippen LogP contribution in [0, 0.1) is 18.3 Å². The van der Waals surface area contributed by atoms with Crippen molar-refractivity contribution in [2.24, 2.45) is 0 Å². The Balaban J connectivity index is 1.76. The number of benzene rings is 2. The highest BCUT2D eigenvalue weighted by Gasteiger charge is 2.24. The van der Waals surface area contributed by atoms with Crippen LogP contribution >= 0.6 is 0 Å². The van der Waals surface area contributed by atoms with E-state index < -0.39 is 10.0 Å². The monoisotopic (exact) mass is 391 g/mol. The second-order valence-electron chi connectivity index (χ2n) is 6.01. The van der Waals surface area contributed by atoms with Crippen molar-refractivity contribution < 1.29 is 12.9 Å². The van der Waals surface area contributed by atoms with Gasteiger partial charge in [0.1, 0.15) is 17.3 Å². The van der Waals surface area contributed by atoms with Crippen LogP contribution < -0.4 is 0 Å². The zero-order chi connectivity index (χ0) is 19.7. The molecule has 0 fully saturated rings. The van der Waals surface area contributed by atoms with E-state index in [2.05, 4.69) is 15.5 Å². The number of rotatable bonds is 4. The van der Waals surface area contributed by atoms with Gasteiger partial charge in [-0.1, -0.05) is 58.4 Å². The number of hydrogen-bond acceptors (Lipinski definition) is 7. The summed E-state index contributed by atoms with van der Waals surface area (Å²) in [7, 11) is -3.91. The van der Waals surface area contributed by atoms with Gasteiger partial charge in [0.25, 0.3) is 10.0 Å². The van der Waals surface area contributed by atoms with E-state index in [1.54, 1.807) is 24.3 Å². The molecular weight excluding hydrogens is 378 g/mol. The number of nitrogens with zero attached hydrogens (tertiary/aromatic N) is 5. The van der Waals surface area contributed by atoms with Gasteiger partial charge in [0.15, 0.2) is 5.69 Å².